The quantitative estimate of drug-likeness (QED) is 0.687. The molecule has 0 aromatic carbocycles. The molecule has 20 heavy (non-hydrogen) atoms. The van der Waals surface area contributed by atoms with Gasteiger partial charge < -0.3 is 15.7 Å². The van der Waals surface area contributed by atoms with Gasteiger partial charge in [0.1, 0.15) is 0 Å². The number of hydrogen-bond donors (Lipinski definition) is 3. The Labute approximate surface area is 114 Å². The van der Waals surface area contributed by atoms with Crippen LogP contribution in [0.1, 0.15) is 26.2 Å². The summed E-state index contributed by atoms with van der Waals surface area (Å²) in [7, 11) is 0. The maximum absolute atomic E-state index is 13.1. The van der Waals surface area contributed by atoms with Crippen LogP contribution in [-0.2, 0) is 9.59 Å². The van der Waals surface area contributed by atoms with Gasteiger partial charge in [-0.05, 0) is 18.9 Å². The second-order valence-corrected chi connectivity index (χ2v) is 5.09. The van der Waals surface area contributed by atoms with Crippen LogP contribution in [-0.4, -0.2) is 42.8 Å². The predicted molar refractivity (Wildman–Crippen MR) is 65.0 cm³/mol. The third-order valence-electron chi connectivity index (χ3n) is 3.72. The molecule has 2 unspecified atom stereocenters. The van der Waals surface area contributed by atoms with E-state index in [1.165, 1.54) is 0 Å². The molecule has 0 aromatic rings. The summed E-state index contributed by atoms with van der Waals surface area (Å²) < 4.78 is 39.3. The summed E-state index contributed by atoms with van der Waals surface area (Å²) in [5, 5.41) is 13.5. The molecule has 3 N–H and O–H groups in total. The number of carboxylic acid groups (broad SMARTS) is 1. The summed E-state index contributed by atoms with van der Waals surface area (Å²) in [6.07, 6.45) is -4.61. The highest BCUT2D eigenvalue weighted by Gasteiger charge is 2.61. The maximum Gasteiger partial charge on any atom is 0.404 e. The number of hydrogen-bond acceptors (Lipinski definition) is 3. The number of alkyl halides is 3. The van der Waals surface area contributed by atoms with Crippen LogP contribution < -0.4 is 10.6 Å². The smallest absolute Gasteiger partial charge is 0.404 e. The molecule has 8 heteroatoms. The Kier molecular flexibility index (Phi) is 5.38. The minimum absolute atomic E-state index is 0.0561. The van der Waals surface area contributed by atoms with E-state index in [0.717, 1.165) is 0 Å². The molecule has 1 heterocycles. The molecule has 0 aromatic heterocycles. The van der Waals surface area contributed by atoms with Crippen molar-refractivity contribution in [3.8, 4) is 0 Å². The molecule has 5 nitrogen and oxygen atoms in total. The summed E-state index contributed by atoms with van der Waals surface area (Å²) in [4.78, 5) is 22.5. The first-order chi connectivity index (χ1) is 9.23. The van der Waals surface area contributed by atoms with Crippen LogP contribution in [0.2, 0.25) is 0 Å². The zero-order valence-corrected chi connectivity index (χ0v) is 11.2. The van der Waals surface area contributed by atoms with E-state index in [4.69, 9.17) is 5.11 Å². The van der Waals surface area contributed by atoms with Crippen molar-refractivity contribution >= 4 is 11.9 Å². The lowest BCUT2D eigenvalue weighted by atomic mass is 9.85. The number of amides is 1. The SMILES string of the molecule is CCC(CNC(=O)C1(C(F)(F)F)CCNC1)CC(=O)O. The van der Waals surface area contributed by atoms with Gasteiger partial charge in [-0.1, -0.05) is 13.3 Å². The van der Waals surface area contributed by atoms with Crippen LogP contribution in [0.5, 0.6) is 0 Å². The Balaban J connectivity index is 2.66. The standard InChI is InChI=1S/C12H19F3N2O3/c1-2-8(5-9(18)19)6-17-10(20)11(12(13,14)15)3-4-16-7-11/h8,16H,2-7H2,1H3,(H,17,20)(H,18,19). The number of carboxylic acids is 1. The summed E-state index contributed by atoms with van der Waals surface area (Å²) >= 11 is 0. The van der Waals surface area contributed by atoms with E-state index in [-0.39, 0.29) is 31.8 Å². The van der Waals surface area contributed by atoms with Gasteiger partial charge in [-0.3, -0.25) is 9.59 Å². The molecule has 116 valence electrons. The fourth-order valence-electron chi connectivity index (χ4n) is 2.27. The molecule has 0 bridgehead atoms. The summed E-state index contributed by atoms with van der Waals surface area (Å²) in [6, 6.07) is 0. The zero-order valence-electron chi connectivity index (χ0n) is 11.2. The van der Waals surface area contributed by atoms with Gasteiger partial charge in [-0.2, -0.15) is 13.2 Å². The van der Waals surface area contributed by atoms with Gasteiger partial charge in [-0.15, -0.1) is 0 Å². The number of rotatable bonds is 6. The molecule has 0 saturated carbocycles. The Morgan fingerprint density at radius 3 is 2.50 bits per heavy atom. The maximum atomic E-state index is 13.1. The fraction of sp³-hybridized carbons (Fsp3) is 0.833. The average molecular weight is 296 g/mol. The van der Waals surface area contributed by atoms with E-state index in [1.807, 2.05) is 0 Å². The third kappa shape index (κ3) is 3.62. The second-order valence-electron chi connectivity index (χ2n) is 5.09. The van der Waals surface area contributed by atoms with Gasteiger partial charge >= 0.3 is 12.1 Å². The molecular formula is C12H19F3N2O3. The average Bonchev–Trinajstić information content (AvgIpc) is 2.83. The lowest BCUT2D eigenvalue weighted by Crippen LogP contribution is -2.53. The van der Waals surface area contributed by atoms with Crippen molar-refractivity contribution < 1.29 is 27.9 Å². The van der Waals surface area contributed by atoms with Gasteiger partial charge in [0.05, 0.1) is 0 Å². The third-order valence-corrected chi connectivity index (χ3v) is 3.72. The van der Waals surface area contributed by atoms with Crippen LogP contribution in [0, 0.1) is 11.3 Å². The van der Waals surface area contributed by atoms with Gasteiger partial charge in [0.25, 0.3) is 0 Å². The molecule has 1 fully saturated rings. The number of aliphatic carboxylic acids is 1. The van der Waals surface area contributed by atoms with Gasteiger partial charge in [0.2, 0.25) is 5.91 Å². The van der Waals surface area contributed by atoms with Crippen molar-refractivity contribution in [1.29, 1.82) is 0 Å². The fourth-order valence-corrected chi connectivity index (χ4v) is 2.27. The lowest BCUT2D eigenvalue weighted by Gasteiger charge is -2.30. The second kappa shape index (κ2) is 6.43. The Hall–Kier alpha value is -1.31. The molecule has 1 aliphatic heterocycles. The van der Waals surface area contributed by atoms with E-state index in [2.05, 4.69) is 10.6 Å². The minimum atomic E-state index is -4.62. The van der Waals surface area contributed by atoms with Gasteiger partial charge in [0.15, 0.2) is 5.41 Å². The molecule has 0 spiro atoms. The first-order valence-corrected chi connectivity index (χ1v) is 6.50. The highest BCUT2D eigenvalue weighted by atomic mass is 19.4. The van der Waals surface area contributed by atoms with Crippen molar-refractivity contribution in [3.05, 3.63) is 0 Å². The van der Waals surface area contributed by atoms with Crippen molar-refractivity contribution in [3.63, 3.8) is 0 Å². The number of carbonyl (C=O) groups is 2. The van der Waals surface area contributed by atoms with Crippen molar-refractivity contribution in [2.45, 2.75) is 32.4 Å². The molecule has 1 saturated heterocycles. The highest BCUT2D eigenvalue weighted by Crippen LogP contribution is 2.43. The van der Waals surface area contributed by atoms with Crippen LogP contribution >= 0.6 is 0 Å². The normalized spacial score (nSPS) is 24.4. The number of halogens is 3. The topological polar surface area (TPSA) is 78.4 Å². The van der Waals surface area contributed by atoms with Crippen molar-refractivity contribution in [1.82, 2.24) is 10.6 Å². The molecule has 0 radical (unpaired) electrons. The zero-order chi connectivity index (χ0) is 15.4. The molecule has 1 aliphatic rings. The molecule has 2 atom stereocenters. The minimum Gasteiger partial charge on any atom is -0.481 e. The van der Waals surface area contributed by atoms with Crippen molar-refractivity contribution in [2.75, 3.05) is 19.6 Å². The number of nitrogens with one attached hydrogen (secondary N) is 2. The van der Waals surface area contributed by atoms with E-state index < -0.39 is 30.0 Å². The lowest BCUT2D eigenvalue weighted by molar-refractivity contribution is -0.216. The monoisotopic (exact) mass is 296 g/mol. The number of carbonyl (C=O) groups excluding carboxylic acids is 1. The van der Waals surface area contributed by atoms with Crippen LogP contribution in [0.15, 0.2) is 0 Å². The van der Waals surface area contributed by atoms with Crippen LogP contribution in [0.4, 0.5) is 13.2 Å². The summed E-state index contributed by atoms with van der Waals surface area (Å²) in [5.41, 5.74) is -2.39. The summed E-state index contributed by atoms with van der Waals surface area (Å²) in [6.45, 7) is 1.38. The Morgan fingerprint density at radius 1 is 1.45 bits per heavy atom. The van der Waals surface area contributed by atoms with Crippen LogP contribution in [0.3, 0.4) is 0 Å². The first kappa shape index (κ1) is 16.7. The molecule has 1 amide bonds. The van der Waals surface area contributed by atoms with E-state index in [1.54, 1.807) is 6.92 Å². The summed E-state index contributed by atoms with van der Waals surface area (Å²) in [5.74, 6) is -2.46. The first-order valence-electron chi connectivity index (χ1n) is 6.50. The predicted octanol–water partition coefficient (Wildman–Crippen LogP) is 1.15. The van der Waals surface area contributed by atoms with E-state index in [0.29, 0.717) is 6.42 Å². The van der Waals surface area contributed by atoms with Crippen LogP contribution in [0.25, 0.3) is 0 Å². The molecule has 0 aliphatic carbocycles. The van der Waals surface area contributed by atoms with E-state index >= 15 is 0 Å². The van der Waals surface area contributed by atoms with Gasteiger partial charge in [-0.25, -0.2) is 0 Å². The Morgan fingerprint density at radius 2 is 2.10 bits per heavy atom. The molecular weight excluding hydrogens is 277 g/mol. The van der Waals surface area contributed by atoms with E-state index in [9.17, 15) is 22.8 Å². The largest absolute Gasteiger partial charge is 0.481 e. The van der Waals surface area contributed by atoms with Gasteiger partial charge in [0, 0.05) is 19.5 Å². The molecule has 1 rings (SSSR count). The highest BCUT2D eigenvalue weighted by molar-refractivity contribution is 5.84. The van der Waals surface area contributed by atoms with Crippen molar-refractivity contribution in [2.24, 2.45) is 11.3 Å². The Bertz CT molecular complexity index is 365.